The van der Waals surface area contributed by atoms with Crippen molar-refractivity contribution in [2.45, 2.75) is 19.0 Å². The Morgan fingerprint density at radius 2 is 1.68 bits per heavy atom. The molecule has 0 heterocycles. The number of halogens is 1. The number of benzene rings is 2. The monoisotopic (exact) mass is 319 g/mol. The molecule has 0 aliphatic rings. The average Bonchev–Trinajstić information content (AvgIpc) is 2.46. The normalized spacial score (nSPS) is 14.1. The number of rotatable bonds is 5. The van der Waals surface area contributed by atoms with E-state index in [4.69, 9.17) is 0 Å². The third-order valence-corrected chi connectivity index (χ3v) is 3.93. The van der Waals surface area contributed by atoms with E-state index in [1.807, 2.05) is 48.5 Å². The molecule has 0 aliphatic heterocycles. The van der Waals surface area contributed by atoms with Crippen molar-refractivity contribution < 1.29 is 5.11 Å². The van der Waals surface area contributed by atoms with Gasteiger partial charge in [0.2, 0.25) is 0 Å². The van der Waals surface area contributed by atoms with Crippen LogP contribution in [0.2, 0.25) is 0 Å². The highest BCUT2D eigenvalue weighted by Crippen LogP contribution is 2.25. The van der Waals surface area contributed by atoms with Crippen LogP contribution in [-0.4, -0.2) is 11.7 Å². The van der Waals surface area contributed by atoms with Gasteiger partial charge in [-0.3, -0.25) is 0 Å². The molecule has 2 aromatic carbocycles. The Balaban J connectivity index is 2.13. The molecule has 0 saturated carbocycles. The lowest BCUT2D eigenvalue weighted by Crippen LogP contribution is -2.27. The van der Waals surface area contributed by atoms with E-state index in [1.165, 1.54) is 5.56 Å². The van der Waals surface area contributed by atoms with E-state index < -0.39 is 0 Å². The van der Waals surface area contributed by atoms with Crippen LogP contribution >= 0.6 is 15.9 Å². The third-order valence-electron chi connectivity index (χ3n) is 3.21. The Morgan fingerprint density at radius 3 is 2.32 bits per heavy atom. The molecule has 2 rings (SSSR count). The van der Waals surface area contributed by atoms with Crippen LogP contribution in [0.3, 0.4) is 0 Å². The predicted octanol–water partition coefficient (Wildman–Crippen LogP) is 3.83. The zero-order valence-corrected chi connectivity index (χ0v) is 12.5. The van der Waals surface area contributed by atoms with Crippen LogP contribution < -0.4 is 5.32 Å². The Labute approximate surface area is 122 Å². The second kappa shape index (κ2) is 6.85. The van der Waals surface area contributed by atoms with E-state index in [9.17, 15) is 5.11 Å². The van der Waals surface area contributed by atoms with Crippen molar-refractivity contribution >= 4 is 15.9 Å². The van der Waals surface area contributed by atoms with E-state index in [0.29, 0.717) is 0 Å². The van der Waals surface area contributed by atoms with Gasteiger partial charge in [-0.15, -0.1) is 0 Å². The minimum absolute atomic E-state index is 0.0525. The summed E-state index contributed by atoms with van der Waals surface area (Å²) in [5, 5.41) is 13.0. The zero-order chi connectivity index (χ0) is 13.7. The average molecular weight is 320 g/mol. The van der Waals surface area contributed by atoms with Crippen molar-refractivity contribution in [2.75, 3.05) is 6.61 Å². The number of hydrogen-bond donors (Lipinski definition) is 2. The van der Waals surface area contributed by atoms with Crippen LogP contribution in [0.5, 0.6) is 0 Å². The molecule has 2 aromatic rings. The molecule has 0 aliphatic carbocycles. The van der Waals surface area contributed by atoms with E-state index in [-0.39, 0.29) is 18.7 Å². The summed E-state index contributed by atoms with van der Waals surface area (Å²) in [6, 6.07) is 18.3. The first-order valence-corrected chi connectivity index (χ1v) is 7.18. The summed E-state index contributed by atoms with van der Waals surface area (Å²) >= 11 is 3.56. The molecule has 0 fully saturated rings. The molecular formula is C16H18BrNO. The Morgan fingerprint density at radius 1 is 1.05 bits per heavy atom. The van der Waals surface area contributed by atoms with Gasteiger partial charge in [0.25, 0.3) is 0 Å². The summed E-state index contributed by atoms with van der Waals surface area (Å²) in [6.07, 6.45) is 0. The van der Waals surface area contributed by atoms with Gasteiger partial charge in [-0.05, 0) is 24.1 Å². The maximum absolute atomic E-state index is 9.57. The minimum Gasteiger partial charge on any atom is -0.394 e. The first-order chi connectivity index (χ1) is 9.22. The quantitative estimate of drug-likeness (QED) is 0.877. The third kappa shape index (κ3) is 3.66. The predicted molar refractivity (Wildman–Crippen MR) is 82.0 cm³/mol. The van der Waals surface area contributed by atoms with Crippen LogP contribution in [0.4, 0.5) is 0 Å². The van der Waals surface area contributed by atoms with E-state index >= 15 is 0 Å². The molecule has 0 spiro atoms. The molecule has 0 amide bonds. The maximum Gasteiger partial charge on any atom is 0.0626 e. The number of nitrogens with one attached hydrogen (secondary N) is 1. The molecule has 0 radical (unpaired) electrons. The molecule has 100 valence electrons. The van der Waals surface area contributed by atoms with Gasteiger partial charge in [0, 0.05) is 10.5 Å². The molecule has 0 aromatic heterocycles. The Bertz CT molecular complexity index is 515. The maximum atomic E-state index is 9.57. The van der Waals surface area contributed by atoms with Gasteiger partial charge in [0.15, 0.2) is 0 Å². The lowest BCUT2D eigenvalue weighted by atomic mass is 10.0. The van der Waals surface area contributed by atoms with Crippen molar-refractivity contribution in [2.24, 2.45) is 0 Å². The van der Waals surface area contributed by atoms with Crippen molar-refractivity contribution in [3.05, 3.63) is 70.2 Å². The van der Waals surface area contributed by atoms with Gasteiger partial charge in [-0.25, -0.2) is 0 Å². The fourth-order valence-corrected chi connectivity index (χ4v) is 2.79. The first-order valence-electron chi connectivity index (χ1n) is 6.38. The standard InChI is InChI=1S/C16H18BrNO/c1-12(14-9-5-6-10-15(14)17)18-16(11-19)13-7-3-2-4-8-13/h2-10,12,16,18-19H,11H2,1H3/t12?,16-/m1/s1. The van der Waals surface area contributed by atoms with Gasteiger partial charge in [-0.1, -0.05) is 64.5 Å². The van der Waals surface area contributed by atoms with Crippen LogP contribution in [0, 0.1) is 0 Å². The van der Waals surface area contributed by atoms with Crippen LogP contribution in [-0.2, 0) is 0 Å². The molecule has 3 heteroatoms. The first kappa shape index (κ1) is 14.3. The summed E-state index contributed by atoms with van der Waals surface area (Å²) in [7, 11) is 0. The summed E-state index contributed by atoms with van der Waals surface area (Å²) in [5.74, 6) is 0. The molecular weight excluding hydrogens is 302 g/mol. The summed E-state index contributed by atoms with van der Waals surface area (Å²) in [5.41, 5.74) is 2.29. The summed E-state index contributed by atoms with van der Waals surface area (Å²) < 4.78 is 1.08. The smallest absolute Gasteiger partial charge is 0.0626 e. The number of hydrogen-bond acceptors (Lipinski definition) is 2. The van der Waals surface area contributed by atoms with Gasteiger partial charge in [-0.2, -0.15) is 0 Å². The number of aliphatic hydroxyl groups excluding tert-OH is 1. The van der Waals surface area contributed by atoms with Crippen LogP contribution in [0.15, 0.2) is 59.1 Å². The van der Waals surface area contributed by atoms with Gasteiger partial charge >= 0.3 is 0 Å². The minimum atomic E-state index is -0.0525. The topological polar surface area (TPSA) is 32.3 Å². The van der Waals surface area contributed by atoms with Crippen molar-refractivity contribution in [3.63, 3.8) is 0 Å². The molecule has 2 nitrogen and oxygen atoms in total. The second-order valence-electron chi connectivity index (χ2n) is 4.56. The Hall–Kier alpha value is -1.16. The molecule has 2 N–H and O–H groups in total. The highest BCUT2D eigenvalue weighted by atomic mass is 79.9. The molecule has 0 saturated heterocycles. The van der Waals surface area contributed by atoms with E-state index in [2.05, 4.69) is 34.2 Å². The van der Waals surface area contributed by atoms with Crippen molar-refractivity contribution in [1.82, 2.24) is 5.32 Å². The lowest BCUT2D eigenvalue weighted by Gasteiger charge is -2.23. The summed E-state index contributed by atoms with van der Waals surface area (Å²) in [6.45, 7) is 2.19. The summed E-state index contributed by atoms with van der Waals surface area (Å²) in [4.78, 5) is 0. The van der Waals surface area contributed by atoms with Crippen molar-refractivity contribution in [1.29, 1.82) is 0 Å². The highest BCUT2D eigenvalue weighted by Gasteiger charge is 2.15. The van der Waals surface area contributed by atoms with Gasteiger partial charge < -0.3 is 10.4 Å². The molecule has 19 heavy (non-hydrogen) atoms. The van der Waals surface area contributed by atoms with E-state index in [0.717, 1.165) is 10.0 Å². The SMILES string of the molecule is CC(N[C@H](CO)c1ccccc1)c1ccccc1Br. The second-order valence-corrected chi connectivity index (χ2v) is 5.41. The van der Waals surface area contributed by atoms with Crippen LogP contribution in [0.1, 0.15) is 30.1 Å². The largest absolute Gasteiger partial charge is 0.394 e. The lowest BCUT2D eigenvalue weighted by molar-refractivity contribution is 0.235. The van der Waals surface area contributed by atoms with Crippen molar-refractivity contribution in [3.8, 4) is 0 Å². The molecule has 2 atom stereocenters. The number of aliphatic hydroxyl groups is 1. The van der Waals surface area contributed by atoms with Gasteiger partial charge in [0.1, 0.15) is 0 Å². The van der Waals surface area contributed by atoms with Crippen LogP contribution in [0.25, 0.3) is 0 Å². The van der Waals surface area contributed by atoms with Gasteiger partial charge in [0.05, 0.1) is 12.6 Å². The molecule has 0 bridgehead atoms. The van der Waals surface area contributed by atoms with E-state index in [1.54, 1.807) is 0 Å². The highest BCUT2D eigenvalue weighted by molar-refractivity contribution is 9.10. The molecule has 1 unspecified atom stereocenters. The Kier molecular flexibility index (Phi) is 5.14. The zero-order valence-electron chi connectivity index (χ0n) is 10.9. The fourth-order valence-electron chi connectivity index (χ4n) is 2.16. The fraction of sp³-hybridized carbons (Fsp3) is 0.250.